The van der Waals surface area contributed by atoms with E-state index in [1.807, 2.05) is 20.8 Å². The van der Waals surface area contributed by atoms with Gasteiger partial charge in [0.1, 0.15) is 12.1 Å². The lowest BCUT2D eigenvalue weighted by Crippen LogP contribution is -2.62. The molecule has 3 aliphatic carbocycles. The number of ketones is 1. The molecule has 6 atom stereocenters. The number of carbonyl (C=O) groups excluding carboxylic acids is 5. The first kappa shape index (κ1) is 40.4. The summed E-state index contributed by atoms with van der Waals surface area (Å²) >= 11 is 1.40. The number of Topliss-reactive ketones (excluding diaryl/α,β-unsaturated/α-hetero) is 1. The quantitative estimate of drug-likeness (QED) is 0.163. The number of nitrogens with zero attached hydrogens (tertiary/aromatic N) is 2. The van der Waals surface area contributed by atoms with E-state index in [9.17, 15) is 32.4 Å². The van der Waals surface area contributed by atoms with Crippen LogP contribution in [-0.4, -0.2) is 91.0 Å². The number of piperidine rings is 1. The zero-order chi connectivity index (χ0) is 39.2. The highest BCUT2D eigenvalue weighted by molar-refractivity contribution is 7.89. The molecule has 13 nitrogen and oxygen atoms in total. The fourth-order valence-corrected chi connectivity index (χ4v) is 12.0. The fourth-order valence-electron chi connectivity index (χ4n) is 9.10. The highest BCUT2D eigenvalue weighted by Crippen LogP contribution is 2.65. The Labute approximate surface area is 323 Å². The third-order valence-electron chi connectivity index (χ3n) is 12.9. The van der Waals surface area contributed by atoms with Gasteiger partial charge in [0.05, 0.1) is 10.9 Å². The number of likely N-dealkylation sites (tertiary alicyclic amines) is 1. The van der Waals surface area contributed by atoms with Crippen molar-refractivity contribution in [2.24, 2.45) is 34.5 Å². The Morgan fingerprint density at radius 1 is 1.02 bits per heavy atom. The highest BCUT2D eigenvalue weighted by Gasteiger charge is 2.70. The van der Waals surface area contributed by atoms with Crippen LogP contribution in [0.3, 0.4) is 0 Å². The van der Waals surface area contributed by atoms with Crippen LogP contribution in [0.2, 0.25) is 0 Å². The van der Waals surface area contributed by atoms with Crippen molar-refractivity contribution in [3.63, 3.8) is 0 Å². The van der Waals surface area contributed by atoms with Gasteiger partial charge in [0.15, 0.2) is 0 Å². The normalized spacial score (nSPS) is 26.3. The maximum Gasteiger partial charge on any atom is 0.315 e. The summed E-state index contributed by atoms with van der Waals surface area (Å²) in [5.74, 6) is -2.23. The van der Waals surface area contributed by atoms with Gasteiger partial charge in [-0.3, -0.25) is 19.2 Å². The van der Waals surface area contributed by atoms with Gasteiger partial charge in [-0.2, -0.15) is 4.31 Å². The molecule has 0 bridgehead atoms. The van der Waals surface area contributed by atoms with Gasteiger partial charge in [0, 0.05) is 37.1 Å². The molecule has 298 valence electrons. The SMILES string of the molecule is C=CCNC(=O)C(=O)C(CC1CCC1)NC(=O)[C@@H]1[C@@H]2[C@H](CN1C(=O)[C@@H](NC(=O)N[C@H](CN1Cc3sccc3S1(=O)=O)C(C)(C)C)C1CCCCC1)C2(C)C. The summed E-state index contributed by atoms with van der Waals surface area (Å²) in [5, 5.41) is 13.3. The molecule has 3 saturated carbocycles. The summed E-state index contributed by atoms with van der Waals surface area (Å²) in [7, 11) is -3.69. The first-order chi connectivity index (χ1) is 25.4. The minimum Gasteiger partial charge on any atom is -0.346 e. The van der Waals surface area contributed by atoms with Crippen molar-refractivity contribution in [3.05, 3.63) is 29.0 Å². The lowest BCUT2D eigenvalue weighted by Gasteiger charge is -2.38. The van der Waals surface area contributed by atoms with E-state index in [0.29, 0.717) is 17.9 Å². The second kappa shape index (κ2) is 15.7. The Hall–Kier alpha value is -3.30. The van der Waals surface area contributed by atoms with Crippen molar-refractivity contribution in [2.75, 3.05) is 19.6 Å². The van der Waals surface area contributed by atoms with Gasteiger partial charge in [-0.1, -0.05) is 79.2 Å². The van der Waals surface area contributed by atoms with Gasteiger partial charge in [-0.05, 0) is 65.2 Å². The van der Waals surface area contributed by atoms with E-state index < -0.39 is 63.2 Å². The molecule has 3 heterocycles. The number of rotatable bonds is 14. The van der Waals surface area contributed by atoms with E-state index >= 15 is 0 Å². The van der Waals surface area contributed by atoms with Gasteiger partial charge in [-0.15, -0.1) is 17.9 Å². The number of carbonyl (C=O) groups is 5. The Kier molecular flexibility index (Phi) is 11.7. The Morgan fingerprint density at radius 3 is 2.33 bits per heavy atom. The molecule has 5 aliphatic rings. The van der Waals surface area contributed by atoms with E-state index in [1.54, 1.807) is 16.3 Å². The number of amides is 5. The molecular formula is C39H58N6O7S2. The summed E-state index contributed by atoms with van der Waals surface area (Å²) in [6.45, 7) is 14.4. The Morgan fingerprint density at radius 2 is 1.72 bits per heavy atom. The predicted molar refractivity (Wildman–Crippen MR) is 206 cm³/mol. The molecule has 0 aromatic carbocycles. The largest absolute Gasteiger partial charge is 0.346 e. The molecule has 1 aromatic rings. The number of hydrogen-bond donors (Lipinski definition) is 4. The first-order valence-electron chi connectivity index (χ1n) is 19.6. The van der Waals surface area contributed by atoms with Crippen LogP contribution in [0.25, 0.3) is 0 Å². The monoisotopic (exact) mass is 786 g/mol. The maximum atomic E-state index is 14.8. The summed E-state index contributed by atoms with van der Waals surface area (Å²) < 4.78 is 28.0. The summed E-state index contributed by atoms with van der Waals surface area (Å²) in [5.41, 5.74) is -0.716. The summed E-state index contributed by atoms with van der Waals surface area (Å²) in [6.07, 6.45) is 9.10. The third-order valence-corrected chi connectivity index (χ3v) is 15.8. The van der Waals surface area contributed by atoms with E-state index in [2.05, 4.69) is 41.7 Å². The van der Waals surface area contributed by atoms with Crippen LogP contribution < -0.4 is 21.3 Å². The molecule has 2 aliphatic heterocycles. The number of fused-ring (bicyclic) bond motifs is 2. The summed E-state index contributed by atoms with van der Waals surface area (Å²) in [4.78, 5) is 71.8. The minimum absolute atomic E-state index is 0.0713. The van der Waals surface area contributed by atoms with Crippen molar-refractivity contribution in [3.8, 4) is 0 Å². The van der Waals surface area contributed by atoms with Gasteiger partial charge in [-0.25, -0.2) is 13.2 Å². The van der Waals surface area contributed by atoms with Crippen LogP contribution in [0.5, 0.6) is 0 Å². The first-order valence-corrected chi connectivity index (χ1v) is 21.9. The number of nitrogens with one attached hydrogen (secondary N) is 4. The molecule has 1 saturated heterocycles. The van der Waals surface area contributed by atoms with E-state index in [4.69, 9.17) is 0 Å². The van der Waals surface area contributed by atoms with Crippen molar-refractivity contribution in [1.29, 1.82) is 0 Å². The molecule has 0 spiro atoms. The smallest absolute Gasteiger partial charge is 0.315 e. The van der Waals surface area contributed by atoms with Crippen molar-refractivity contribution >= 4 is 50.9 Å². The number of sulfonamides is 1. The van der Waals surface area contributed by atoms with Crippen molar-refractivity contribution < 1.29 is 32.4 Å². The van der Waals surface area contributed by atoms with Gasteiger partial charge < -0.3 is 26.2 Å². The van der Waals surface area contributed by atoms with Crippen molar-refractivity contribution in [1.82, 2.24) is 30.5 Å². The molecule has 0 radical (unpaired) electrons. The van der Waals surface area contributed by atoms with E-state index in [-0.39, 0.29) is 54.6 Å². The highest BCUT2D eigenvalue weighted by atomic mass is 32.2. The second-order valence-corrected chi connectivity index (χ2v) is 20.7. The number of urea groups is 1. The molecule has 5 amide bonds. The van der Waals surface area contributed by atoms with Crippen LogP contribution in [0, 0.1) is 34.5 Å². The van der Waals surface area contributed by atoms with Crippen LogP contribution in [0.4, 0.5) is 4.79 Å². The van der Waals surface area contributed by atoms with Crippen molar-refractivity contribution in [2.45, 2.75) is 128 Å². The second-order valence-electron chi connectivity index (χ2n) is 17.8. The average Bonchev–Trinajstić information content (AvgIpc) is 3.55. The van der Waals surface area contributed by atoms with Crippen LogP contribution in [-0.2, 0) is 35.7 Å². The molecule has 54 heavy (non-hydrogen) atoms. The minimum atomic E-state index is -3.69. The van der Waals surface area contributed by atoms with Gasteiger partial charge >= 0.3 is 6.03 Å². The molecule has 6 rings (SSSR count). The van der Waals surface area contributed by atoms with Crippen LogP contribution in [0.15, 0.2) is 29.0 Å². The topological polar surface area (TPSA) is 174 Å². The van der Waals surface area contributed by atoms with Gasteiger partial charge in [0.25, 0.3) is 5.91 Å². The average molecular weight is 787 g/mol. The van der Waals surface area contributed by atoms with Gasteiger partial charge in [0.2, 0.25) is 27.6 Å². The van der Waals surface area contributed by atoms with E-state index in [1.165, 1.54) is 21.7 Å². The zero-order valence-corrected chi connectivity index (χ0v) is 34.0. The lowest BCUT2D eigenvalue weighted by atomic mass is 9.80. The third kappa shape index (κ3) is 8.14. The standard InChI is InChI=1S/C39H58N6O7S2/c1-7-17-40-35(48)33(46)26(19-23-12-11-13-23)41-34(47)32-30-25(39(30,5)6)20-45(32)36(49)31(24-14-9-8-10-15-24)43-37(50)42-29(38(2,3)4)22-44-21-27-28(16-18-53-27)54(44,51)52/h7,16,18,23-26,29-32H,1,8-15,17,19-22H2,2-6H3,(H,40,48)(H,41,47)(H2,42,43,50)/t25-,26?,29+,30-,31-,32-/m0/s1. The molecule has 15 heteroatoms. The molecule has 4 N–H and O–H groups in total. The lowest BCUT2D eigenvalue weighted by molar-refractivity contribution is -0.145. The fraction of sp³-hybridized carbons (Fsp3) is 0.718. The number of thiophene rings is 1. The van der Waals surface area contributed by atoms with E-state index in [0.717, 1.165) is 56.2 Å². The Balaban J connectivity index is 1.20. The zero-order valence-electron chi connectivity index (χ0n) is 32.3. The predicted octanol–water partition coefficient (Wildman–Crippen LogP) is 3.94. The molecule has 4 fully saturated rings. The molecule has 1 unspecified atom stereocenters. The van der Waals surface area contributed by atoms with Crippen LogP contribution in [0.1, 0.15) is 97.3 Å². The van der Waals surface area contributed by atoms with Crippen LogP contribution >= 0.6 is 11.3 Å². The molecule has 1 aromatic heterocycles. The maximum absolute atomic E-state index is 14.8. The number of hydrogen-bond acceptors (Lipinski definition) is 8. The summed E-state index contributed by atoms with van der Waals surface area (Å²) in [6, 6.07) is -2.29. The Bertz CT molecular complexity index is 1740. The molecular weight excluding hydrogens is 729 g/mol.